The molecule has 0 radical (unpaired) electrons. The van der Waals surface area contributed by atoms with E-state index in [-0.39, 0.29) is 0 Å². The molecular formula is C40H57N. The second-order valence-electron chi connectivity index (χ2n) is 10.9. The topological polar surface area (TPSA) is 3.24 Å². The van der Waals surface area contributed by atoms with Gasteiger partial charge in [0.25, 0.3) is 0 Å². The molecule has 1 nitrogen and oxygen atoms in total. The maximum Gasteiger partial charge on any atom is 0.0233 e. The predicted octanol–water partition coefficient (Wildman–Crippen LogP) is 11.7. The molecule has 4 rings (SSSR count). The number of rotatable bonds is 6. The third-order valence-electron chi connectivity index (χ3n) is 7.61. The lowest BCUT2D eigenvalue weighted by Crippen LogP contribution is -2.40. The van der Waals surface area contributed by atoms with Gasteiger partial charge in [-0.1, -0.05) is 141 Å². The predicted molar refractivity (Wildman–Crippen MR) is 186 cm³/mol. The fourth-order valence-corrected chi connectivity index (χ4v) is 4.89. The van der Waals surface area contributed by atoms with Crippen molar-refractivity contribution in [1.29, 1.82) is 0 Å². The Morgan fingerprint density at radius 2 is 1.22 bits per heavy atom. The highest BCUT2D eigenvalue weighted by Crippen LogP contribution is 2.35. The van der Waals surface area contributed by atoms with Crippen molar-refractivity contribution in [3.63, 3.8) is 0 Å². The molecule has 0 unspecified atom stereocenters. The number of piperidine rings is 1. The third kappa shape index (κ3) is 12.5. The highest BCUT2D eigenvalue weighted by Gasteiger charge is 2.31. The minimum absolute atomic E-state index is 0.319. The fraction of sp³-hybridized carbons (Fsp3) is 0.400. The summed E-state index contributed by atoms with van der Waals surface area (Å²) in [7, 11) is 0. The quantitative estimate of drug-likeness (QED) is 0.217. The first kappa shape index (κ1) is 35.9. The van der Waals surface area contributed by atoms with Crippen LogP contribution < -0.4 is 0 Å². The van der Waals surface area contributed by atoms with Crippen LogP contribution in [0.5, 0.6) is 0 Å². The number of allylic oxidation sites excluding steroid dienone is 5. The summed E-state index contributed by atoms with van der Waals surface area (Å²) in [6, 6.07) is 27.1. The number of benzene rings is 3. The molecule has 1 heteroatoms. The van der Waals surface area contributed by atoms with Gasteiger partial charge in [-0.25, -0.2) is 0 Å². The zero-order valence-corrected chi connectivity index (χ0v) is 27.6. The number of hydrogen-bond donors (Lipinski definition) is 0. The van der Waals surface area contributed by atoms with Crippen LogP contribution in [0.4, 0.5) is 0 Å². The molecule has 3 aromatic carbocycles. The number of likely N-dealkylation sites (tertiary alicyclic amines) is 1. The Kier molecular flexibility index (Phi) is 17.4. The van der Waals surface area contributed by atoms with E-state index in [9.17, 15) is 0 Å². The molecule has 0 saturated carbocycles. The maximum atomic E-state index is 3.36. The van der Waals surface area contributed by atoms with Crippen LogP contribution in [0, 0.1) is 13.8 Å². The molecule has 1 aliphatic heterocycles. The second kappa shape index (κ2) is 19.8. The number of aryl methyl sites for hydroxylation is 2. The second-order valence-corrected chi connectivity index (χ2v) is 10.9. The number of nitrogens with zero attached hydrogens (tertiary/aromatic N) is 1. The van der Waals surface area contributed by atoms with E-state index in [1.165, 1.54) is 64.9 Å². The van der Waals surface area contributed by atoms with Gasteiger partial charge in [0.2, 0.25) is 0 Å². The summed E-state index contributed by atoms with van der Waals surface area (Å²) in [6.45, 7) is 25.7. The Labute approximate surface area is 253 Å². The Hall–Kier alpha value is -3.16. The maximum absolute atomic E-state index is 3.36. The van der Waals surface area contributed by atoms with Crippen molar-refractivity contribution < 1.29 is 0 Å². The molecule has 3 aromatic rings. The zero-order chi connectivity index (χ0) is 30.7. The van der Waals surface area contributed by atoms with Crippen LogP contribution >= 0.6 is 0 Å². The molecule has 1 aliphatic rings. The van der Waals surface area contributed by atoms with E-state index in [4.69, 9.17) is 0 Å². The fourth-order valence-electron chi connectivity index (χ4n) is 4.89. The van der Waals surface area contributed by atoms with Gasteiger partial charge in [-0.05, 0) is 94.6 Å². The summed E-state index contributed by atoms with van der Waals surface area (Å²) in [5.41, 5.74) is 9.89. The van der Waals surface area contributed by atoms with Crippen LogP contribution in [0.3, 0.4) is 0 Å². The molecule has 1 fully saturated rings. The Morgan fingerprint density at radius 3 is 1.61 bits per heavy atom. The summed E-state index contributed by atoms with van der Waals surface area (Å²) in [5.74, 6) is 0. The van der Waals surface area contributed by atoms with E-state index in [1.807, 2.05) is 27.7 Å². The average molecular weight is 552 g/mol. The summed E-state index contributed by atoms with van der Waals surface area (Å²) in [4.78, 5) is 2.61. The number of hydrogen-bond acceptors (Lipinski definition) is 1. The van der Waals surface area contributed by atoms with Crippen molar-refractivity contribution in [3.8, 4) is 11.1 Å². The molecule has 0 amide bonds. The van der Waals surface area contributed by atoms with Gasteiger partial charge in [0.15, 0.2) is 0 Å². The summed E-state index contributed by atoms with van der Waals surface area (Å²) >= 11 is 0. The van der Waals surface area contributed by atoms with Crippen LogP contribution in [0.15, 0.2) is 109 Å². The molecule has 0 bridgehead atoms. The third-order valence-corrected chi connectivity index (χ3v) is 7.61. The molecule has 222 valence electrons. The van der Waals surface area contributed by atoms with E-state index in [0.29, 0.717) is 5.41 Å². The van der Waals surface area contributed by atoms with Gasteiger partial charge in [0, 0.05) is 6.54 Å². The average Bonchev–Trinajstić information content (AvgIpc) is 3.00. The Bertz CT molecular complexity index is 1150. The SMILES string of the molecule is C/C=C\C(=C/C)CC.C=CC.CC.Cc1ccc(-c2ccc(CN3CCC(C)(c4ccc(C)cc4)CC3)cc2)cc1. The first-order valence-corrected chi connectivity index (χ1v) is 15.6. The molecule has 41 heavy (non-hydrogen) atoms. The molecule has 0 spiro atoms. The highest BCUT2D eigenvalue weighted by molar-refractivity contribution is 5.63. The van der Waals surface area contributed by atoms with Crippen LogP contribution in [0.2, 0.25) is 0 Å². The first-order valence-electron chi connectivity index (χ1n) is 15.6. The lowest BCUT2D eigenvalue weighted by Gasteiger charge is -2.40. The zero-order valence-electron chi connectivity index (χ0n) is 27.6. The minimum Gasteiger partial charge on any atom is -0.299 e. The van der Waals surface area contributed by atoms with Gasteiger partial charge >= 0.3 is 0 Å². The molecule has 0 aromatic heterocycles. The van der Waals surface area contributed by atoms with Crippen LogP contribution in [0.1, 0.15) is 90.0 Å². The first-order chi connectivity index (χ1) is 19.8. The van der Waals surface area contributed by atoms with Gasteiger partial charge in [-0.3, -0.25) is 4.90 Å². The molecule has 1 heterocycles. The van der Waals surface area contributed by atoms with Gasteiger partial charge in [-0.15, -0.1) is 6.58 Å². The smallest absolute Gasteiger partial charge is 0.0233 e. The molecule has 0 atom stereocenters. The monoisotopic (exact) mass is 551 g/mol. The molecule has 0 N–H and O–H groups in total. The Balaban J connectivity index is 0.000000548. The summed E-state index contributed by atoms with van der Waals surface area (Å²) in [5, 5.41) is 0. The van der Waals surface area contributed by atoms with Gasteiger partial charge < -0.3 is 0 Å². The minimum atomic E-state index is 0.319. The molecular weight excluding hydrogens is 494 g/mol. The van der Waals surface area contributed by atoms with E-state index in [2.05, 4.69) is 137 Å². The van der Waals surface area contributed by atoms with E-state index < -0.39 is 0 Å². The lowest BCUT2D eigenvalue weighted by atomic mass is 9.74. The van der Waals surface area contributed by atoms with Gasteiger partial charge in [-0.2, -0.15) is 0 Å². The van der Waals surface area contributed by atoms with Crippen molar-refractivity contribution in [1.82, 2.24) is 4.90 Å². The van der Waals surface area contributed by atoms with Crippen molar-refractivity contribution in [2.75, 3.05) is 13.1 Å². The van der Waals surface area contributed by atoms with Crippen LogP contribution in [-0.4, -0.2) is 18.0 Å². The van der Waals surface area contributed by atoms with E-state index in [0.717, 1.165) is 13.0 Å². The lowest BCUT2D eigenvalue weighted by molar-refractivity contribution is 0.162. The summed E-state index contributed by atoms with van der Waals surface area (Å²) in [6.07, 6.45) is 11.7. The van der Waals surface area contributed by atoms with Crippen molar-refractivity contribution >= 4 is 0 Å². The van der Waals surface area contributed by atoms with Crippen molar-refractivity contribution in [2.45, 2.75) is 93.5 Å². The van der Waals surface area contributed by atoms with Crippen LogP contribution in [0.25, 0.3) is 11.1 Å². The molecule has 1 saturated heterocycles. The highest BCUT2D eigenvalue weighted by atomic mass is 15.1. The van der Waals surface area contributed by atoms with Crippen molar-refractivity contribution in [3.05, 3.63) is 132 Å². The van der Waals surface area contributed by atoms with Crippen LogP contribution in [-0.2, 0) is 12.0 Å². The van der Waals surface area contributed by atoms with Crippen molar-refractivity contribution in [2.24, 2.45) is 0 Å². The normalized spacial score (nSPS) is 14.5. The standard InChI is InChI=1S/C27H31N.C8H14.C3H6.C2H6/c1-21-4-10-24(11-5-21)25-12-8-23(9-13-25)20-28-18-16-27(3,17-19-28)26-14-6-22(2)7-15-26;1-4-7-8(5-2)6-3;1-3-2;1-2/h4-15H,16-20H2,1-3H3;4-5,7H,6H2,1-3H3;3H,1H2,2H3;1-2H3/b;7-4-,8-5-;;. The molecule has 0 aliphatic carbocycles. The van der Waals surface area contributed by atoms with Gasteiger partial charge in [0.05, 0.1) is 0 Å². The van der Waals surface area contributed by atoms with E-state index in [1.54, 1.807) is 6.08 Å². The largest absolute Gasteiger partial charge is 0.299 e. The Morgan fingerprint density at radius 1 is 0.780 bits per heavy atom. The van der Waals surface area contributed by atoms with Gasteiger partial charge in [0.1, 0.15) is 0 Å². The van der Waals surface area contributed by atoms with E-state index >= 15 is 0 Å². The summed E-state index contributed by atoms with van der Waals surface area (Å²) < 4.78 is 0.